The fraction of sp³-hybridized carbons (Fsp3) is 0.182. The molecule has 0 radical (unpaired) electrons. The monoisotopic (exact) mass is 284 g/mol. The van der Waals surface area contributed by atoms with Gasteiger partial charge < -0.3 is 4.74 Å². The quantitative estimate of drug-likeness (QED) is 0.861. The molecule has 0 saturated heterocycles. The maximum Gasteiger partial charge on any atom is 0.302 e. The number of rotatable bonds is 3. The fourth-order valence-corrected chi connectivity index (χ4v) is 1.84. The minimum atomic E-state index is -0.399. The van der Waals surface area contributed by atoms with Crippen LogP contribution in [0.15, 0.2) is 35.1 Å². The molecule has 0 fully saturated rings. The average Bonchev–Trinajstić information content (AvgIpc) is 2.63. The van der Waals surface area contributed by atoms with E-state index in [1.54, 1.807) is 29.0 Å². The zero-order valence-corrected chi connectivity index (χ0v) is 10.2. The molecule has 0 unspecified atom stereocenters. The van der Waals surface area contributed by atoms with Crippen molar-refractivity contribution in [2.24, 2.45) is 0 Å². The van der Waals surface area contributed by atoms with Gasteiger partial charge in [0.1, 0.15) is 4.60 Å². The summed E-state index contributed by atoms with van der Waals surface area (Å²) in [4.78, 5) is 4.05. The van der Waals surface area contributed by atoms with E-state index in [0.29, 0.717) is 12.6 Å². The van der Waals surface area contributed by atoms with E-state index in [0.717, 1.165) is 4.60 Å². The van der Waals surface area contributed by atoms with Gasteiger partial charge in [0.05, 0.1) is 6.20 Å². The van der Waals surface area contributed by atoms with Crippen molar-refractivity contribution in [2.45, 2.75) is 13.5 Å². The van der Waals surface area contributed by atoms with Crippen LogP contribution < -0.4 is 4.74 Å². The van der Waals surface area contributed by atoms with Crippen molar-refractivity contribution in [1.82, 2.24) is 9.55 Å². The van der Waals surface area contributed by atoms with Crippen LogP contribution in [0.5, 0.6) is 11.8 Å². The molecule has 84 valence electrons. The van der Waals surface area contributed by atoms with Crippen LogP contribution in [-0.4, -0.2) is 9.55 Å². The zero-order valence-electron chi connectivity index (χ0n) is 8.65. The van der Waals surface area contributed by atoms with Gasteiger partial charge in [-0.05, 0) is 35.0 Å². The van der Waals surface area contributed by atoms with E-state index in [2.05, 4.69) is 20.9 Å². The van der Waals surface area contributed by atoms with Crippen molar-refractivity contribution < 1.29 is 9.13 Å². The molecule has 0 N–H and O–H groups in total. The SMILES string of the molecule is CCn1c(Br)cnc1Oc1ccccc1F. The van der Waals surface area contributed by atoms with Gasteiger partial charge in [-0.3, -0.25) is 4.57 Å². The summed E-state index contributed by atoms with van der Waals surface area (Å²) < 4.78 is 21.3. The highest BCUT2D eigenvalue weighted by Crippen LogP contribution is 2.25. The lowest BCUT2D eigenvalue weighted by molar-refractivity contribution is 0.389. The van der Waals surface area contributed by atoms with E-state index in [-0.39, 0.29) is 5.75 Å². The molecule has 0 saturated carbocycles. The van der Waals surface area contributed by atoms with Gasteiger partial charge in [-0.1, -0.05) is 12.1 Å². The molecule has 0 aliphatic heterocycles. The Balaban J connectivity index is 2.31. The Morgan fingerprint density at radius 2 is 2.19 bits per heavy atom. The van der Waals surface area contributed by atoms with Crippen molar-refractivity contribution in [3.63, 3.8) is 0 Å². The van der Waals surface area contributed by atoms with Crippen LogP contribution in [-0.2, 0) is 6.54 Å². The van der Waals surface area contributed by atoms with Gasteiger partial charge in [-0.25, -0.2) is 9.37 Å². The number of imidazole rings is 1. The minimum absolute atomic E-state index is 0.176. The molecule has 0 aliphatic rings. The fourth-order valence-electron chi connectivity index (χ4n) is 1.33. The van der Waals surface area contributed by atoms with Gasteiger partial charge >= 0.3 is 6.01 Å². The first-order chi connectivity index (χ1) is 7.72. The van der Waals surface area contributed by atoms with Gasteiger partial charge in [0, 0.05) is 6.54 Å². The smallest absolute Gasteiger partial charge is 0.302 e. The molecule has 5 heteroatoms. The molecule has 3 nitrogen and oxygen atoms in total. The second kappa shape index (κ2) is 4.65. The van der Waals surface area contributed by atoms with Crippen LogP contribution in [0.1, 0.15) is 6.92 Å². The number of para-hydroxylation sites is 1. The average molecular weight is 285 g/mol. The lowest BCUT2D eigenvalue weighted by Gasteiger charge is -2.07. The first kappa shape index (κ1) is 11.1. The molecular formula is C11H10BrFN2O. The number of aromatic nitrogens is 2. The minimum Gasteiger partial charge on any atom is -0.422 e. The number of ether oxygens (including phenoxy) is 1. The third kappa shape index (κ3) is 2.09. The highest BCUT2D eigenvalue weighted by Gasteiger charge is 2.10. The van der Waals surface area contributed by atoms with Gasteiger partial charge in [-0.2, -0.15) is 0 Å². The van der Waals surface area contributed by atoms with Crippen molar-refractivity contribution in [3.8, 4) is 11.8 Å². The Labute approximate surface area is 101 Å². The number of hydrogen-bond acceptors (Lipinski definition) is 2. The van der Waals surface area contributed by atoms with E-state index in [9.17, 15) is 4.39 Å². The molecule has 1 aromatic carbocycles. The molecule has 0 aliphatic carbocycles. The summed E-state index contributed by atoms with van der Waals surface area (Å²) >= 11 is 3.34. The Kier molecular flexibility index (Phi) is 3.24. The maximum atomic E-state index is 13.3. The highest BCUT2D eigenvalue weighted by atomic mass is 79.9. The maximum absolute atomic E-state index is 13.3. The topological polar surface area (TPSA) is 27.1 Å². The summed E-state index contributed by atoms with van der Waals surface area (Å²) in [6, 6.07) is 6.62. The third-order valence-electron chi connectivity index (χ3n) is 2.12. The largest absolute Gasteiger partial charge is 0.422 e. The van der Waals surface area contributed by atoms with Crippen molar-refractivity contribution >= 4 is 15.9 Å². The molecule has 1 heterocycles. The van der Waals surface area contributed by atoms with Crippen LogP contribution >= 0.6 is 15.9 Å². The highest BCUT2D eigenvalue weighted by molar-refractivity contribution is 9.10. The summed E-state index contributed by atoms with van der Waals surface area (Å²) in [6.45, 7) is 2.66. The lowest BCUT2D eigenvalue weighted by Crippen LogP contribution is -1.99. The number of hydrogen-bond donors (Lipinski definition) is 0. The van der Waals surface area contributed by atoms with Gasteiger partial charge in [0.25, 0.3) is 0 Å². The van der Waals surface area contributed by atoms with Crippen LogP contribution in [0, 0.1) is 5.82 Å². The normalized spacial score (nSPS) is 10.4. The summed E-state index contributed by atoms with van der Waals surface area (Å²) in [5, 5.41) is 0. The summed E-state index contributed by atoms with van der Waals surface area (Å²) in [6.07, 6.45) is 1.62. The predicted molar refractivity (Wildman–Crippen MR) is 62.1 cm³/mol. The first-order valence-corrected chi connectivity index (χ1v) is 5.65. The summed E-state index contributed by atoms with van der Waals surface area (Å²) in [5.74, 6) is -0.223. The summed E-state index contributed by atoms with van der Waals surface area (Å²) in [5.41, 5.74) is 0. The Morgan fingerprint density at radius 3 is 2.88 bits per heavy atom. The Bertz CT molecular complexity index is 498. The lowest BCUT2D eigenvalue weighted by atomic mass is 10.3. The van der Waals surface area contributed by atoms with E-state index in [1.807, 2.05) is 6.92 Å². The van der Waals surface area contributed by atoms with Crippen LogP contribution in [0.2, 0.25) is 0 Å². The summed E-state index contributed by atoms with van der Waals surface area (Å²) in [7, 11) is 0. The van der Waals surface area contributed by atoms with Crippen LogP contribution in [0.4, 0.5) is 4.39 Å². The Morgan fingerprint density at radius 1 is 1.44 bits per heavy atom. The molecule has 0 bridgehead atoms. The molecular weight excluding hydrogens is 275 g/mol. The molecule has 2 rings (SSSR count). The zero-order chi connectivity index (χ0) is 11.5. The van der Waals surface area contributed by atoms with Gasteiger partial charge in [0.2, 0.25) is 0 Å². The van der Waals surface area contributed by atoms with Crippen LogP contribution in [0.25, 0.3) is 0 Å². The second-order valence-corrected chi connectivity index (χ2v) is 3.95. The van der Waals surface area contributed by atoms with Gasteiger partial charge in [0.15, 0.2) is 11.6 Å². The molecule has 0 spiro atoms. The van der Waals surface area contributed by atoms with E-state index < -0.39 is 5.82 Å². The third-order valence-corrected chi connectivity index (χ3v) is 2.76. The number of halogens is 2. The molecule has 16 heavy (non-hydrogen) atoms. The molecule has 0 atom stereocenters. The molecule has 0 amide bonds. The van der Waals surface area contributed by atoms with Crippen LogP contribution in [0.3, 0.4) is 0 Å². The van der Waals surface area contributed by atoms with Gasteiger partial charge in [-0.15, -0.1) is 0 Å². The molecule has 2 aromatic rings. The standard InChI is InChI=1S/C11H10BrFN2O/c1-2-15-10(12)7-14-11(15)16-9-6-4-3-5-8(9)13/h3-7H,2H2,1H3. The Hall–Kier alpha value is -1.36. The van der Waals surface area contributed by atoms with Crippen molar-refractivity contribution in [3.05, 3.63) is 40.9 Å². The number of benzene rings is 1. The van der Waals surface area contributed by atoms with Crippen molar-refractivity contribution in [1.29, 1.82) is 0 Å². The second-order valence-electron chi connectivity index (χ2n) is 3.14. The van der Waals surface area contributed by atoms with E-state index in [1.165, 1.54) is 6.07 Å². The van der Waals surface area contributed by atoms with Crippen molar-refractivity contribution in [2.75, 3.05) is 0 Å². The van der Waals surface area contributed by atoms with E-state index in [4.69, 9.17) is 4.74 Å². The van der Waals surface area contributed by atoms with E-state index >= 15 is 0 Å². The molecule has 1 aromatic heterocycles. The first-order valence-electron chi connectivity index (χ1n) is 4.85. The predicted octanol–water partition coefficient (Wildman–Crippen LogP) is 3.60. The number of nitrogens with zero attached hydrogens (tertiary/aromatic N) is 2.